The van der Waals surface area contributed by atoms with Gasteiger partial charge in [-0.3, -0.25) is 4.79 Å². The first-order valence-electron chi connectivity index (χ1n) is 9.06. The molecule has 1 N–H and O–H groups in total. The van der Waals surface area contributed by atoms with Crippen molar-refractivity contribution in [2.24, 2.45) is 0 Å². The van der Waals surface area contributed by atoms with E-state index in [0.717, 1.165) is 27.7 Å². The number of carbonyl (C=O) groups is 1. The summed E-state index contributed by atoms with van der Waals surface area (Å²) >= 11 is 4.57. The molecule has 0 saturated carbocycles. The van der Waals surface area contributed by atoms with Gasteiger partial charge in [0.15, 0.2) is 0 Å². The summed E-state index contributed by atoms with van der Waals surface area (Å²) in [6.45, 7) is 0.373. The van der Waals surface area contributed by atoms with Crippen LogP contribution in [-0.2, 0) is 21.2 Å². The molecule has 11 heteroatoms. The molecule has 3 heterocycles. The maximum absolute atomic E-state index is 13.1. The molecule has 1 aliphatic heterocycles. The Morgan fingerprint density at radius 1 is 1.23 bits per heavy atom. The van der Waals surface area contributed by atoms with Crippen LogP contribution in [0.1, 0.15) is 5.69 Å². The molecule has 1 fully saturated rings. The second kappa shape index (κ2) is 9.15. The Morgan fingerprint density at radius 2 is 2.03 bits per heavy atom. The molecule has 6 nitrogen and oxygen atoms in total. The van der Waals surface area contributed by atoms with Gasteiger partial charge in [-0.2, -0.15) is 4.31 Å². The van der Waals surface area contributed by atoms with Crippen molar-refractivity contribution in [2.45, 2.75) is 17.4 Å². The van der Waals surface area contributed by atoms with Gasteiger partial charge in [-0.25, -0.2) is 17.8 Å². The minimum atomic E-state index is -3.87. The standard InChI is InChI=1S/C19H18FN3O3S4/c20-13-3-5-15(6-4-13)30(25,26)23-12-27-11-16(23)18(24)21-8-7-14-10-29-19(22-14)17-2-1-9-28-17/h1-6,9-10,16H,7-8,11-12H2,(H,21,24)/t16-/m1/s1. The Bertz CT molecular complexity index is 1110. The fraction of sp³-hybridized carbons (Fsp3) is 0.263. The lowest BCUT2D eigenvalue weighted by atomic mass is 10.3. The van der Waals surface area contributed by atoms with Crippen LogP contribution in [0.3, 0.4) is 0 Å². The number of hydrogen-bond donors (Lipinski definition) is 1. The second-order valence-electron chi connectivity index (χ2n) is 6.52. The smallest absolute Gasteiger partial charge is 0.244 e. The van der Waals surface area contributed by atoms with Gasteiger partial charge in [0.05, 0.1) is 21.3 Å². The first-order chi connectivity index (χ1) is 14.4. The lowest BCUT2D eigenvalue weighted by Gasteiger charge is -2.22. The molecule has 158 valence electrons. The van der Waals surface area contributed by atoms with Crippen molar-refractivity contribution in [3.05, 3.63) is 58.7 Å². The normalized spacial score (nSPS) is 17.3. The van der Waals surface area contributed by atoms with E-state index in [1.165, 1.54) is 28.2 Å². The fourth-order valence-corrected chi connectivity index (χ4v) is 7.80. The lowest BCUT2D eigenvalue weighted by Crippen LogP contribution is -2.47. The molecule has 1 aliphatic rings. The number of amides is 1. The zero-order chi connectivity index (χ0) is 21.1. The minimum absolute atomic E-state index is 0.0206. The number of rotatable bonds is 7. The van der Waals surface area contributed by atoms with E-state index in [-0.39, 0.29) is 16.7 Å². The van der Waals surface area contributed by atoms with E-state index in [2.05, 4.69) is 10.3 Å². The van der Waals surface area contributed by atoms with Crippen molar-refractivity contribution >= 4 is 50.4 Å². The van der Waals surface area contributed by atoms with Crippen molar-refractivity contribution in [3.63, 3.8) is 0 Å². The molecule has 0 bridgehead atoms. The molecule has 3 aromatic rings. The first-order valence-corrected chi connectivity index (χ1v) is 13.4. The predicted octanol–water partition coefficient (Wildman–Crippen LogP) is 3.43. The van der Waals surface area contributed by atoms with Crippen LogP contribution in [0.25, 0.3) is 9.88 Å². The number of thiazole rings is 1. The number of halogens is 1. The topological polar surface area (TPSA) is 79.4 Å². The number of aromatic nitrogens is 1. The maximum Gasteiger partial charge on any atom is 0.244 e. The van der Waals surface area contributed by atoms with Crippen LogP contribution in [-0.4, -0.2) is 47.8 Å². The van der Waals surface area contributed by atoms with Crippen molar-refractivity contribution in [1.29, 1.82) is 0 Å². The quantitative estimate of drug-likeness (QED) is 0.557. The Balaban J connectivity index is 1.36. The number of hydrogen-bond acceptors (Lipinski definition) is 7. The van der Waals surface area contributed by atoms with Gasteiger partial charge in [-0.05, 0) is 35.7 Å². The van der Waals surface area contributed by atoms with Gasteiger partial charge in [-0.15, -0.1) is 34.4 Å². The van der Waals surface area contributed by atoms with Gasteiger partial charge in [0.25, 0.3) is 0 Å². The fourth-order valence-electron chi connectivity index (χ4n) is 2.98. The Hall–Kier alpha value is -1.79. The molecule has 1 saturated heterocycles. The Kier molecular flexibility index (Phi) is 6.54. The average Bonchev–Trinajstić information content (AvgIpc) is 3.48. The summed E-state index contributed by atoms with van der Waals surface area (Å²) in [7, 11) is -3.87. The van der Waals surface area contributed by atoms with E-state index in [4.69, 9.17) is 0 Å². The molecule has 1 aromatic carbocycles. The van der Waals surface area contributed by atoms with Gasteiger partial charge in [0.2, 0.25) is 15.9 Å². The average molecular weight is 484 g/mol. The second-order valence-corrected chi connectivity index (χ2v) is 11.2. The highest BCUT2D eigenvalue weighted by Crippen LogP contribution is 2.29. The van der Waals surface area contributed by atoms with Gasteiger partial charge in [0.1, 0.15) is 16.9 Å². The van der Waals surface area contributed by atoms with E-state index >= 15 is 0 Å². The van der Waals surface area contributed by atoms with E-state index in [1.807, 2.05) is 22.9 Å². The van der Waals surface area contributed by atoms with Gasteiger partial charge >= 0.3 is 0 Å². The molecular formula is C19H18FN3O3S4. The van der Waals surface area contributed by atoms with Crippen LogP contribution >= 0.6 is 34.4 Å². The summed E-state index contributed by atoms with van der Waals surface area (Å²) in [6, 6.07) is 7.84. The van der Waals surface area contributed by atoms with Crippen LogP contribution in [0.5, 0.6) is 0 Å². The van der Waals surface area contributed by atoms with Crippen LogP contribution < -0.4 is 5.32 Å². The molecule has 0 spiro atoms. The zero-order valence-corrected chi connectivity index (χ0v) is 18.9. The number of sulfonamides is 1. The molecule has 4 rings (SSSR count). The highest BCUT2D eigenvalue weighted by Gasteiger charge is 2.39. The zero-order valence-electron chi connectivity index (χ0n) is 15.7. The van der Waals surface area contributed by atoms with E-state index in [0.29, 0.717) is 18.7 Å². The number of benzene rings is 1. The highest BCUT2D eigenvalue weighted by atomic mass is 32.2. The Labute approximate surface area is 186 Å². The van der Waals surface area contributed by atoms with Crippen LogP contribution in [0.15, 0.2) is 52.1 Å². The summed E-state index contributed by atoms with van der Waals surface area (Å²) in [6.07, 6.45) is 0.568. The molecule has 0 radical (unpaired) electrons. The summed E-state index contributed by atoms with van der Waals surface area (Å²) in [5, 5.41) is 7.75. The minimum Gasteiger partial charge on any atom is -0.354 e. The Morgan fingerprint density at radius 3 is 2.77 bits per heavy atom. The number of carbonyl (C=O) groups excluding carboxylic acids is 1. The molecule has 1 atom stereocenters. The monoisotopic (exact) mass is 483 g/mol. The van der Waals surface area contributed by atoms with Gasteiger partial charge in [-0.1, -0.05) is 6.07 Å². The summed E-state index contributed by atoms with van der Waals surface area (Å²) in [5.41, 5.74) is 0.889. The largest absolute Gasteiger partial charge is 0.354 e. The highest BCUT2D eigenvalue weighted by molar-refractivity contribution is 8.00. The molecule has 30 heavy (non-hydrogen) atoms. The third kappa shape index (κ3) is 4.59. The van der Waals surface area contributed by atoms with Gasteiger partial charge in [0, 0.05) is 24.1 Å². The van der Waals surface area contributed by atoms with Crippen LogP contribution in [0, 0.1) is 5.82 Å². The van der Waals surface area contributed by atoms with Crippen molar-refractivity contribution in [1.82, 2.24) is 14.6 Å². The summed E-state index contributed by atoms with van der Waals surface area (Å²) in [4.78, 5) is 18.3. The molecule has 2 aromatic heterocycles. The first kappa shape index (κ1) is 21.4. The van der Waals surface area contributed by atoms with E-state index < -0.39 is 21.9 Å². The van der Waals surface area contributed by atoms with Gasteiger partial charge < -0.3 is 5.32 Å². The third-order valence-corrected chi connectivity index (χ3v) is 9.50. The van der Waals surface area contributed by atoms with Crippen molar-refractivity contribution < 1.29 is 17.6 Å². The predicted molar refractivity (Wildman–Crippen MR) is 119 cm³/mol. The number of thioether (sulfide) groups is 1. The maximum atomic E-state index is 13.1. The molecular weight excluding hydrogens is 465 g/mol. The third-order valence-electron chi connectivity index (χ3n) is 4.53. The summed E-state index contributed by atoms with van der Waals surface area (Å²) in [5.74, 6) is -0.276. The van der Waals surface area contributed by atoms with Crippen LogP contribution in [0.2, 0.25) is 0 Å². The molecule has 0 aliphatic carbocycles. The van der Waals surface area contributed by atoms with Crippen LogP contribution in [0.4, 0.5) is 4.39 Å². The molecule has 1 amide bonds. The van der Waals surface area contributed by atoms with E-state index in [9.17, 15) is 17.6 Å². The number of nitrogens with zero attached hydrogens (tertiary/aromatic N) is 2. The van der Waals surface area contributed by atoms with Crippen molar-refractivity contribution in [2.75, 3.05) is 18.2 Å². The number of thiophene rings is 1. The number of nitrogens with one attached hydrogen (secondary N) is 1. The summed E-state index contributed by atoms with van der Waals surface area (Å²) < 4.78 is 40.1. The SMILES string of the molecule is O=C(NCCc1csc(-c2cccs2)n1)[C@H]1CSCN1S(=O)(=O)c1ccc(F)cc1. The lowest BCUT2D eigenvalue weighted by molar-refractivity contribution is -0.123. The molecule has 0 unspecified atom stereocenters. The van der Waals surface area contributed by atoms with E-state index in [1.54, 1.807) is 22.7 Å². The van der Waals surface area contributed by atoms with Crippen molar-refractivity contribution in [3.8, 4) is 9.88 Å².